The van der Waals surface area contributed by atoms with E-state index in [0.29, 0.717) is 23.3 Å². The minimum absolute atomic E-state index is 0.108. The van der Waals surface area contributed by atoms with Gasteiger partial charge in [-0.15, -0.1) is 0 Å². The van der Waals surface area contributed by atoms with Crippen molar-refractivity contribution >= 4 is 23.1 Å². The molecule has 0 aromatic heterocycles. The molecule has 4 N–H and O–H groups in total. The molecule has 0 radical (unpaired) electrons. The van der Waals surface area contributed by atoms with E-state index >= 15 is 0 Å². The first-order chi connectivity index (χ1) is 15.0. The van der Waals surface area contributed by atoms with E-state index in [1.54, 1.807) is 0 Å². The number of halogens is 2. The molecule has 0 aliphatic heterocycles. The lowest BCUT2D eigenvalue weighted by atomic mass is 9.92. The minimum atomic E-state index is -1.50. The van der Waals surface area contributed by atoms with Crippen LogP contribution in [0.2, 0.25) is 0 Å². The summed E-state index contributed by atoms with van der Waals surface area (Å²) >= 11 is 0. The predicted molar refractivity (Wildman–Crippen MR) is 113 cm³/mol. The predicted octanol–water partition coefficient (Wildman–Crippen LogP) is 4.90. The summed E-state index contributed by atoms with van der Waals surface area (Å²) in [4.78, 5) is 22.4. The zero-order valence-electron chi connectivity index (χ0n) is 16.4. The lowest BCUT2D eigenvalue weighted by Gasteiger charge is -2.13. The molecular weight excluding hydrogens is 422 g/mol. The number of aromatic hydroxyl groups is 2. The van der Waals surface area contributed by atoms with E-state index in [9.17, 15) is 28.6 Å². The summed E-state index contributed by atoms with van der Waals surface area (Å²) in [5, 5.41) is 38.6. The molecule has 0 aliphatic rings. The zero-order chi connectivity index (χ0) is 23.7. The van der Waals surface area contributed by atoms with Crippen LogP contribution in [0.5, 0.6) is 11.5 Å². The van der Waals surface area contributed by atoms with Crippen molar-refractivity contribution in [3.8, 4) is 11.5 Å². The first-order valence-electron chi connectivity index (χ1n) is 9.02. The maximum absolute atomic E-state index is 13.8. The van der Waals surface area contributed by atoms with Crippen molar-refractivity contribution in [2.75, 3.05) is 0 Å². The molecular formula is C24H16F2O6. The van der Waals surface area contributed by atoms with Crippen molar-refractivity contribution in [1.29, 1.82) is 0 Å². The van der Waals surface area contributed by atoms with Gasteiger partial charge in [0.1, 0.15) is 34.3 Å². The summed E-state index contributed by atoms with van der Waals surface area (Å²) in [6, 6.07) is 9.36. The molecule has 3 rings (SSSR count). The van der Waals surface area contributed by atoms with Crippen LogP contribution in [-0.4, -0.2) is 32.4 Å². The molecule has 0 spiro atoms. The van der Waals surface area contributed by atoms with E-state index in [-0.39, 0.29) is 22.3 Å². The minimum Gasteiger partial charge on any atom is -0.506 e. The molecule has 0 fully saturated rings. The number of hydrogen-bond donors (Lipinski definition) is 4. The van der Waals surface area contributed by atoms with Crippen molar-refractivity contribution in [2.45, 2.75) is 0 Å². The molecule has 0 bridgehead atoms. The van der Waals surface area contributed by atoms with Crippen LogP contribution in [0.25, 0.3) is 11.1 Å². The average Bonchev–Trinajstić information content (AvgIpc) is 2.75. The van der Waals surface area contributed by atoms with Gasteiger partial charge in [-0.25, -0.2) is 18.4 Å². The second-order valence-electron chi connectivity index (χ2n) is 6.84. The van der Waals surface area contributed by atoms with Gasteiger partial charge in [-0.05, 0) is 46.5 Å². The van der Waals surface area contributed by atoms with E-state index in [1.165, 1.54) is 24.3 Å². The Morgan fingerprint density at radius 3 is 1.19 bits per heavy atom. The summed E-state index contributed by atoms with van der Waals surface area (Å²) in [5.41, 5.74) is -0.330. The maximum Gasteiger partial charge on any atom is 0.339 e. The molecule has 0 unspecified atom stereocenters. The fourth-order valence-electron chi connectivity index (χ4n) is 3.17. The van der Waals surface area contributed by atoms with Gasteiger partial charge in [-0.1, -0.05) is 37.4 Å². The highest BCUT2D eigenvalue weighted by atomic mass is 19.1. The first-order valence-corrected chi connectivity index (χ1v) is 9.02. The summed E-state index contributed by atoms with van der Waals surface area (Å²) in [5.74, 6) is -6.00. The number of carboxylic acids is 2. The molecule has 32 heavy (non-hydrogen) atoms. The van der Waals surface area contributed by atoms with Crippen molar-refractivity contribution in [1.82, 2.24) is 0 Å². The Morgan fingerprint density at radius 1 is 0.625 bits per heavy atom. The number of benzene rings is 3. The molecule has 0 saturated carbocycles. The van der Waals surface area contributed by atoms with Crippen LogP contribution in [0.15, 0.2) is 61.7 Å². The zero-order valence-corrected chi connectivity index (χ0v) is 16.4. The van der Waals surface area contributed by atoms with E-state index in [0.717, 1.165) is 12.1 Å². The van der Waals surface area contributed by atoms with Crippen molar-refractivity contribution < 1.29 is 38.8 Å². The fraction of sp³-hybridized carbons (Fsp3) is 0. The number of rotatable bonds is 6. The SMILES string of the molecule is C=C(c1ccc(C(=C)c2cc(F)cc(C(=O)O)c2O)cc1)c1cc(F)cc(C(=O)O)c1O. The van der Waals surface area contributed by atoms with Crippen LogP contribution >= 0.6 is 0 Å². The van der Waals surface area contributed by atoms with Gasteiger partial charge in [0.2, 0.25) is 0 Å². The number of hydrogen-bond acceptors (Lipinski definition) is 4. The van der Waals surface area contributed by atoms with E-state index in [4.69, 9.17) is 10.2 Å². The van der Waals surface area contributed by atoms with Gasteiger partial charge < -0.3 is 20.4 Å². The highest BCUT2D eigenvalue weighted by molar-refractivity contribution is 5.96. The molecule has 6 nitrogen and oxygen atoms in total. The Kier molecular flexibility index (Phi) is 5.80. The lowest BCUT2D eigenvalue weighted by molar-refractivity contribution is 0.0682. The van der Waals surface area contributed by atoms with Gasteiger partial charge in [0.05, 0.1) is 0 Å². The standard InChI is InChI=1S/C24H16F2O6/c1-11(17-7-15(25)9-19(21(17)27)23(29)30)13-3-5-14(6-4-13)12(2)18-8-16(26)10-20(22(18)28)24(31)32/h3-10,27-28H,1-2H2,(H,29,30)(H,31,32). The third-order valence-corrected chi connectivity index (χ3v) is 4.84. The van der Waals surface area contributed by atoms with Crippen LogP contribution in [-0.2, 0) is 0 Å². The van der Waals surface area contributed by atoms with Crippen LogP contribution < -0.4 is 0 Å². The number of carbonyl (C=O) groups is 2. The van der Waals surface area contributed by atoms with Crippen LogP contribution in [0.4, 0.5) is 8.78 Å². The summed E-state index contributed by atoms with van der Waals surface area (Å²) in [6.45, 7) is 7.58. The average molecular weight is 438 g/mol. The number of carboxylic acid groups (broad SMARTS) is 2. The van der Waals surface area contributed by atoms with Crippen LogP contribution in [0, 0.1) is 11.6 Å². The highest BCUT2D eigenvalue weighted by Crippen LogP contribution is 2.36. The van der Waals surface area contributed by atoms with Gasteiger partial charge in [0, 0.05) is 11.1 Å². The first kappa shape index (κ1) is 22.2. The Morgan fingerprint density at radius 2 is 0.906 bits per heavy atom. The van der Waals surface area contributed by atoms with Crippen molar-refractivity contribution in [2.24, 2.45) is 0 Å². The van der Waals surface area contributed by atoms with Gasteiger partial charge in [-0.3, -0.25) is 0 Å². The van der Waals surface area contributed by atoms with Gasteiger partial charge in [0.25, 0.3) is 0 Å². The highest BCUT2D eigenvalue weighted by Gasteiger charge is 2.20. The summed E-state index contributed by atoms with van der Waals surface area (Å²) in [7, 11) is 0. The monoisotopic (exact) mass is 438 g/mol. The van der Waals surface area contributed by atoms with Crippen LogP contribution in [0.3, 0.4) is 0 Å². The van der Waals surface area contributed by atoms with Gasteiger partial charge in [0.15, 0.2) is 0 Å². The Balaban J connectivity index is 1.98. The second kappa shape index (κ2) is 8.35. The van der Waals surface area contributed by atoms with Gasteiger partial charge in [-0.2, -0.15) is 0 Å². The third-order valence-electron chi connectivity index (χ3n) is 4.84. The van der Waals surface area contributed by atoms with E-state index in [2.05, 4.69) is 13.2 Å². The third kappa shape index (κ3) is 4.06. The van der Waals surface area contributed by atoms with E-state index in [1.807, 2.05) is 0 Å². The topological polar surface area (TPSA) is 115 Å². The summed E-state index contributed by atoms with van der Waals surface area (Å²) < 4.78 is 27.7. The molecule has 3 aromatic rings. The normalized spacial score (nSPS) is 10.6. The maximum atomic E-state index is 13.8. The van der Waals surface area contributed by atoms with Gasteiger partial charge >= 0.3 is 11.9 Å². The Bertz CT molecular complexity index is 1190. The van der Waals surface area contributed by atoms with Crippen molar-refractivity contribution in [3.05, 3.63) is 107 Å². The Labute approximate surface area is 180 Å². The summed E-state index contributed by atoms with van der Waals surface area (Å²) in [6.07, 6.45) is 0. The fourth-order valence-corrected chi connectivity index (χ4v) is 3.17. The van der Waals surface area contributed by atoms with Crippen molar-refractivity contribution in [3.63, 3.8) is 0 Å². The molecule has 3 aromatic carbocycles. The molecule has 162 valence electrons. The molecule has 8 heteroatoms. The lowest BCUT2D eigenvalue weighted by Crippen LogP contribution is -2.01. The van der Waals surface area contributed by atoms with E-state index < -0.39 is 46.2 Å². The molecule has 0 amide bonds. The largest absolute Gasteiger partial charge is 0.506 e. The number of aromatic carboxylic acids is 2. The second-order valence-corrected chi connectivity index (χ2v) is 6.84. The molecule has 0 heterocycles. The molecule has 0 aliphatic carbocycles. The molecule has 0 atom stereocenters. The smallest absolute Gasteiger partial charge is 0.339 e. The van der Waals surface area contributed by atoms with Crippen LogP contribution in [0.1, 0.15) is 43.0 Å². The molecule has 0 saturated heterocycles. The quantitative estimate of drug-likeness (QED) is 0.435. The Hall–Kier alpha value is -4.46. The number of phenols is 2.